The highest BCUT2D eigenvalue weighted by Crippen LogP contribution is 2.29. The Kier molecular flexibility index (Phi) is 8.01. The van der Waals surface area contributed by atoms with Crippen LogP contribution in [0.2, 0.25) is 0 Å². The Bertz CT molecular complexity index is 1060. The van der Waals surface area contributed by atoms with E-state index >= 15 is 0 Å². The van der Waals surface area contributed by atoms with E-state index in [1.165, 1.54) is 4.31 Å². The van der Waals surface area contributed by atoms with E-state index in [2.05, 4.69) is 19.0 Å². The van der Waals surface area contributed by atoms with E-state index in [0.717, 1.165) is 6.42 Å². The van der Waals surface area contributed by atoms with E-state index < -0.39 is 10.0 Å². The Morgan fingerprint density at radius 2 is 1.91 bits per heavy atom. The molecule has 1 fully saturated rings. The Balaban J connectivity index is 1.70. The number of hydrogen-bond acceptors (Lipinski definition) is 7. The summed E-state index contributed by atoms with van der Waals surface area (Å²) in [7, 11) is -2.20. The molecule has 1 saturated heterocycles. The fourth-order valence-electron chi connectivity index (χ4n) is 3.82. The standard InChI is InChI=1S/C23H33N3O6S/c1-16(2)9-14-31-20-8-7-19(15-21(20)30-5)23(27)25-10-6-11-26(13-12-25)33(28,29)22-17(3)24-32-18(22)4/h7-8,15-16H,6,9-14H2,1-5H3. The van der Waals surface area contributed by atoms with Gasteiger partial charge < -0.3 is 18.9 Å². The van der Waals surface area contributed by atoms with Crippen LogP contribution in [0.25, 0.3) is 0 Å². The predicted octanol–water partition coefficient (Wildman–Crippen LogP) is 3.26. The van der Waals surface area contributed by atoms with E-state index in [1.807, 2.05) is 0 Å². The second-order valence-corrected chi connectivity index (χ2v) is 10.5. The number of nitrogens with zero attached hydrogens (tertiary/aromatic N) is 3. The molecule has 1 aromatic carbocycles. The van der Waals surface area contributed by atoms with E-state index in [9.17, 15) is 13.2 Å². The lowest BCUT2D eigenvalue weighted by Gasteiger charge is -2.22. The number of ether oxygens (including phenoxy) is 2. The third kappa shape index (κ3) is 5.67. The number of carbonyl (C=O) groups is 1. The molecule has 10 heteroatoms. The zero-order chi connectivity index (χ0) is 24.2. The molecule has 182 valence electrons. The number of amides is 1. The summed E-state index contributed by atoms with van der Waals surface area (Å²) in [5.74, 6) is 1.73. The lowest BCUT2D eigenvalue weighted by molar-refractivity contribution is 0.0763. The van der Waals surface area contributed by atoms with Crippen molar-refractivity contribution in [2.45, 2.75) is 45.4 Å². The molecule has 2 heterocycles. The highest BCUT2D eigenvalue weighted by Gasteiger charge is 2.33. The van der Waals surface area contributed by atoms with Crippen molar-refractivity contribution in [3.05, 3.63) is 35.2 Å². The van der Waals surface area contributed by atoms with Gasteiger partial charge in [0.25, 0.3) is 5.91 Å². The second-order valence-electron chi connectivity index (χ2n) is 8.60. The van der Waals surface area contributed by atoms with Crippen LogP contribution in [0.5, 0.6) is 11.5 Å². The summed E-state index contributed by atoms with van der Waals surface area (Å²) in [6.45, 7) is 9.30. The quantitative estimate of drug-likeness (QED) is 0.573. The third-order valence-corrected chi connectivity index (χ3v) is 7.81. The van der Waals surface area contributed by atoms with Crippen LogP contribution in [0.4, 0.5) is 0 Å². The lowest BCUT2D eigenvalue weighted by Crippen LogP contribution is -2.37. The van der Waals surface area contributed by atoms with Gasteiger partial charge in [-0.3, -0.25) is 4.79 Å². The lowest BCUT2D eigenvalue weighted by atomic mass is 10.1. The van der Waals surface area contributed by atoms with Gasteiger partial charge in [-0.15, -0.1) is 0 Å². The summed E-state index contributed by atoms with van der Waals surface area (Å²) in [5, 5.41) is 3.77. The van der Waals surface area contributed by atoms with E-state index in [-0.39, 0.29) is 29.7 Å². The minimum absolute atomic E-state index is 0.111. The van der Waals surface area contributed by atoms with Crippen molar-refractivity contribution in [1.82, 2.24) is 14.4 Å². The van der Waals surface area contributed by atoms with Crippen molar-refractivity contribution in [3.63, 3.8) is 0 Å². The average molecular weight is 480 g/mol. The first kappa shape index (κ1) is 25.0. The summed E-state index contributed by atoms with van der Waals surface area (Å²) < 4.78 is 44.0. The number of methoxy groups -OCH3 is 1. The molecule has 2 aromatic rings. The number of benzene rings is 1. The number of aryl methyl sites for hydroxylation is 2. The van der Waals surface area contributed by atoms with Crippen LogP contribution in [0.1, 0.15) is 48.5 Å². The average Bonchev–Trinajstić information content (AvgIpc) is 2.97. The SMILES string of the molecule is COc1cc(C(=O)N2CCCN(S(=O)(=O)c3c(C)noc3C)CC2)ccc1OCCC(C)C. The van der Waals surface area contributed by atoms with Gasteiger partial charge in [0.2, 0.25) is 10.0 Å². The summed E-state index contributed by atoms with van der Waals surface area (Å²) in [5.41, 5.74) is 0.817. The Morgan fingerprint density at radius 3 is 2.55 bits per heavy atom. The number of rotatable bonds is 8. The normalized spacial score (nSPS) is 15.5. The summed E-state index contributed by atoms with van der Waals surface area (Å²) in [6, 6.07) is 5.15. The van der Waals surface area contributed by atoms with Gasteiger partial charge in [0.05, 0.1) is 13.7 Å². The molecule has 0 radical (unpaired) electrons. The van der Waals surface area contributed by atoms with Gasteiger partial charge in [0.1, 0.15) is 10.6 Å². The molecular formula is C23H33N3O6S. The zero-order valence-corrected chi connectivity index (χ0v) is 20.8. The third-order valence-electron chi connectivity index (χ3n) is 5.67. The van der Waals surface area contributed by atoms with Crippen LogP contribution < -0.4 is 9.47 Å². The van der Waals surface area contributed by atoms with Gasteiger partial charge in [0.15, 0.2) is 17.3 Å². The molecule has 0 N–H and O–H groups in total. The molecule has 0 aliphatic carbocycles. The van der Waals surface area contributed by atoms with Crippen molar-refractivity contribution in [1.29, 1.82) is 0 Å². The summed E-state index contributed by atoms with van der Waals surface area (Å²) in [4.78, 5) is 15.0. The van der Waals surface area contributed by atoms with Crippen LogP contribution in [-0.2, 0) is 10.0 Å². The van der Waals surface area contributed by atoms with Gasteiger partial charge in [-0.2, -0.15) is 4.31 Å². The highest BCUT2D eigenvalue weighted by atomic mass is 32.2. The molecule has 1 aliphatic heterocycles. The van der Waals surface area contributed by atoms with Crippen molar-refractivity contribution in [2.75, 3.05) is 39.9 Å². The first-order valence-corrected chi connectivity index (χ1v) is 12.6. The van der Waals surface area contributed by atoms with Gasteiger partial charge in [0, 0.05) is 31.7 Å². The smallest absolute Gasteiger partial charge is 0.254 e. The minimum Gasteiger partial charge on any atom is -0.493 e. The monoisotopic (exact) mass is 479 g/mol. The molecule has 0 saturated carbocycles. The van der Waals surface area contributed by atoms with Crippen LogP contribution >= 0.6 is 0 Å². The predicted molar refractivity (Wildman–Crippen MR) is 123 cm³/mol. The zero-order valence-electron chi connectivity index (χ0n) is 20.0. The van der Waals surface area contributed by atoms with Crippen LogP contribution in [-0.4, -0.2) is 68.6 Å². The largest absolute Gasteiger partial charge is 0.493 e. The number of carbonyl (C=O) groups excluding carboxylic acids is 1. The van der Waals surface area contributed by atoms with Crippen LogP contribution in [0, 0.1) is 19.8 Å². The molecule has 1 amide bonds. The molecule has 1 aromatic heterocycles. The Morgan fingerprint density at radius 1 is 1.15 bits per heavy atom. The fraction of sp³-hybridized carbons (Fsp3) is 0.565. The molecule has 9 nitrogen and oxygen atoms in total. The van der Waals surface area contributed by atoms with Gasteiger partial charge in [-0.25, -0.2) is 8.42 Å². The van der Waals surface area contributed by atoms with Crippen molar-refractivity contribution < 1.29 is 27.2 Å². The molecule has 0 atom stereocenters. The number of aromatic nitrogens is 1. The molecular weight excluding hydrogens is 446 g/mol. The van der Waals surface area contributed by atoms with E-state index in [1.54, 1.807) is 44.1 Å². The fourth-order valence-corrected chi connectivity index (χ4v) is 5.58. The second kappa shape index (κ2) is 10.6. The maximum Gasteiger partial charge on any atom is 0.254 e. The number of sulfonamides is 1. The Labute approximate surface area is 195 Å². The Hall–Kier alpha value is -2.59. The molecule has 0 bridgehead atoms. The first-order chi connectivity index (χ1) is 15.6. The summed E-state index contributed by atoms with van der Waals surface area (Å²) in [6.07, 6.45) is 1.45. The minimum atomic E-state index is -3.75. The van der Waals surface area contributed by atoms with E-state index in [0.29, 0.717) is 54.8 Å². The van der Waals surface area contributed by atoms with Crippen LogP contribution in [0.3, 0.4) is 0 Å². The van der Waals surface area contributed by atoms with Crippen molar-refractivity contribution in [2.24, 2.45) is 5.92 Å². The summed E-state index contributed by atoms with van der Waals surface area (Å²) >= 11 is 0. The van der Waals surface area contributed by atoms with Crippen LogP contribution in [0.15, 0.2) is 27.6 Å². The number of hydrogen-bond donors (Lipinski definition) is 0. The topological polar surface area (TPSA) is 102 Å². The van der Waals surface area contributed by atoms with Gasteiger partial charge >= 0.3 is 0 Å². The molecule has 33 heavy (non-hydrogen) atoms. The maximum atomic E-state index is 13.2. The molecule has 3 rings (SSSR count). The van der Waals surface area contributed by atoms with Crippen molar-refractivity contribution >= 4 is 15.9 Å². The molecule has 0 spiro atoms. The highest BCUT2D eigenvalue weighted by molar-refractivity contribution is 7.89. The first-order valence-electron chi connectivity index (χ1n) is 11.2. The maximum absolute atomic E-state index is 13.2. The van der Waals surface area contributed by atoms with Gasteiger partial charge in [-0.1, -0.05) is 19.0 Å². The van der Waals surface area contributed by atoms with E-state index in [4.69, 9.17) is 14.0 Å². The molecule has 1 aliphatic rings. The molecule has 0 unspecified atom stereocenters. The van der Waals surface area contributed by atoms with Crippen molar-refractivity contribution in [3.8, 4) is 11.5 Å². The van der Waals surface area contributed by atoms with Gasteiger partial charge in [-0.05, 0) is 50.8 Å².